The highest BCUT2D eigenvalue weighted by Gasteiger charge is 2.50. The SMILES string of the molecule is CS(=O)(=O)C1CCCC1(O)c1cc2cccc(Cl)c2o1. The molecule has 0 aliphatic heterocycles. The van der Waals surface area contributed by atoms with E-state index in [2.05, 4.69) is 0 Å². The Bertz CT molecular complexity index is 765. The predicted molar refractivity (Wildman–Crippen MR) is 77.6 cm³/mol. The van der Waals surface area contributed by atoms with E-state index in [-0.39, 0.29) is 5.76 Å². The fraction of sp³-hybridized carbons (Fsp3) is 0.429. The lowest BCUT2D eigenvalue weighted by molar-refractivity contribution is 0.0267. The number of aliphatic hydroxyl groups is 1. The van der Waals surface area contributed by atoms with Gasteiger partial charge in [-0.25, -0.2) is 8.42 Å². The van der Waals surface area contributed by atoms with Crippen LogP contribution in [0, 0.1) is 0 Å². The van der Waals surface area contributed by atoms with Crippen molar-refractivity contribution in [1.82, 2.24) is 0 Å². The molecule has 0 saturated heterocycles. The van der Waals surface area contributed by atoms with E-state index in [1.54, 1.807) is 18.2 Å². The van der Waals surface area contributed by atoms with Gasteiger partial charge in [-0.15, -0.1) is 0 Å². The van der Waals surface area contributed by atoms with Crippen LogP contribution in [0.2, 0.25) is 5.02 Å². The Hall–Kier alpha value is -1.04. The van der Waals surface area contributed by atoms with Crippen LogP contribution in [0.5, 0.6) is 0 Å². The zero-order valence-electron chi connectivity index (χ0n) is 11.0. The van der Waals surface area contributed by atoms with E-state index >= 15 is 0 Å². The third-order valence-electron chi connectivity index (χ3n) is 4.00. The Morgan fingerprint density at radius 1 is 1.45 bits per heavy atom. The van der Waals surface area contributed by atoms with Gasteiger partial charge in [-0.1, -0.05) is 23.7 Å². The van der Waals surface area contributed by atoms with E-state index in [0.29, 0.717) is 29.9 Å². The number of halogens is 1. The van der Waals surface area contributed by atoms with E-state index < -0.39 is 20.7 Å². The van der Waals surface area contributed by atoms with Crippen LogP contribution >= 0.6 is 11.6 Å². The van der Waals surface area contributed by atoms with Gasteiger partial charge in [-0.2, -0.15) is 0 Å². The van der Waals surface area contributed by atoms with E-state index in [1.165, 1.54) is 0 Å². The monoisotopic (exact) mass is 314 g/mol. The molecule has 0 spiro atoms. The molecule has 0 amide bonds. The third-order valence-corrected chi connectivity index (χ3v) is 5.95. The second-order valence-corrected chi connectivity index (χ2v) is 8.04. The largest absolute Gasteiger partial charge is 0.456 e. The van der Waals surface area contributed by atoms with Gasteiger partial charge >= 0.3 is 0 Å². The van der Waals surface area contributed by atoms with Crippen molar-refractivity contribution < 1.29 is 17.9 Å². The molecule has 0 radical (unpaired) electrons. The average molecular weight is 315 g/mol. The van der Waals surface area contributed by atoms with Gasteiger partial charge in [0.2, 0.25) is 0 Å². The van der Waals surface area contributed by atoms with E-state index in [0.717, 1.165) is 11.6 Å². The zero-order valence-corrected chi connectivity index (χ0v) is 12.5. The van der Waals surface area contributed by atoms with Crippen LogP contribution in [0.25, 0.3) is 11.0 Å². The second-order valence-electron chi connectivity index (χ2n) is 5.40. The molecule has 0 bridgehead atoms. The molecule has 1 aliphatic carbocycles. The summed E-state index contributed by atoms with van der Waals surface area (Å²) in [4.78, 5) is 0. The number of hydrogen-bond donors (Lipinski definition) is 1. The van der Waals surface area contributed by atoms with Crippen molar-refractivity contribution in [2.24, 2.45) is 0 Å². The molecule has 1 aromatic heterocycles. The van der Waals surface area contributed by atoms with Crippen molar-refractivity contribution in [3.05, 3.63) is 35.0 Å². The summed E-state index contributed by atoms with van der Waals surface area (Å²) in [7, 11) is -3.35. The number of benzene rings is 1. The molecular weight excluding hydrogens is 300 g/mol. The first-order valence-electron chi connectivity index (χ1n) is 6.42. The van der Waals surface area contributed by atoms with Crippen molar-refractivity contribution in [2.45, 2.75) is 30.1 Å². The summed E-state index contributed by atoms with van der Waals surface area (Å²) >= 11 is 6.06. The molecule has 1 aliphatic rings. The molecule has 4 nitrogen and oxygen atoms in total. The van der Waals surface area contributed by atoms with Gasteiger partial charge in [0.05, 0.1) is 10.3 Å². The average Bonchev–Trinajstić information content (AvgIpc) is 2.93. The zero-order chi connectivity index (χ0) is 14.5. The summed E-state index contributed by atoms with van der Waals surface area (Å²) in [5.41, 5.74) is -0.979. The molecule has 1 aromatic carbocycles. The fourth-order valence-electron chi connectivity index (χ4n) is 3.05. The van der Waals surface area contributed by atoms with Crippen molar-refractivity contribution in [3.63, 3.8) is 0 Å². The number of rotatable bonds is 2. The Morgan fingerprint density at radius 3 is 2.85 bits per heavy atom. The summed E-state index contributed by atoms with van der Waals surface area (Å²) in [6.45, 7) is 0. The topological polar surface area (TPSA) is 67.5 Å². The molecular formula is C14H15ClO4S. The molecule has 3 rings (SSSR count). The van der Waals surface area contributed by atoms with Gasteiger partial charge in [0.1, 0.15) is 11.4 Å². The standard InChI is InChI=1S/C14H15ClO4S/c1-20(17,18)12-6-3-7-14(12,16)11-8-9-4-2-5-10(15)13(9)19-11/h2,4-5,8,12,16H,3,6-7H2,1H3. The highest BCUT2D eigenvalue weighted by molar-refractivity contribution is 7.91. The minimum absolute atomic E-state index is 0.286. The van der Waals surface area contributed by atoms with Crippen LogP contribution in [0.4, 0.5) is 0 Å². The number of para-hydroxylation sites is 1. The maximum Gasteiger partial charge on any atom is 0.153 e. The maximum absolute atomic E-state index is 11.9. The van der Waals surface area contributed by atoms with Crippen LogP contribution < -0.4 is 0 Å². The lowest BCUT2D eigenvalue weighted by Gasteiger charge is -2.26. The molecule has 1 fully saturated rings. The fourth-order valence-corrected chi connectivity index (χ4v) is 4.81. The van der Waals surface area contributed by atoms with E-state index in [9.17, 15) is 13.5 Å². The Labute approximate surface area is 122 Å². The molecule has 1 heterocycles. The van der Waals surface area contributed by atoms with Crippen LogP contribution in [0.1, 0.15) is 25.0 Å². The third kappa shape index (κ3) is 2.05. The first kappa shape index (κ1) is 13.9. The van der Waals surface area contributed by atoms with Gasteiger partial charge in [0.25, 0.3) is 0 Å². The van der Waals surface area contributed by atoms with Gasteiger partial charge < -0.3 is 9.52 Å². The lowest BCUT2D eigenvalue weighted by Crippen LogP contribution is -2.39. The molecule has 1 N–H and O–H groups in total. The van der Waals surface area contributed by atoms with E-state index in [1.807, 2.05) is 6.07 Å². The van der Waals surface area contributed by atoms with Crippen LogP contribution in [0.3, 0.4) is 0 Å². The molecule has 6 heteroatoms. The molecule has 1 saturated carbocycles. The van der Waals surface area contributed by atoms with Gasteiger partial charge in [-0.3, -0.25) is 0 Å². The number of fused-ring (bicyclic) bond motifs is 1. The lowest BCUT2D eigenvalue weighted by atomic mass is 9.98. The summed E-state index contributed by atoms with van der Waals surface area (Å²) in [6.07, 6.45) is 2.63. The molecule has 2 unspecified atom stereocenters. The Morgan fingerprint density at radius 2 is 2.20 bits per heavy atom. The number of sulfone groups is 1. The predicted octanol–water partition coefficient (Wildman–Crippen LogP) is 2.87. The first-order chi connectivity index (χ1) is 9.32. The number of furan rings is 1. The first-order valence-corrected chi connectivity index (χ1v) is 8.75. The van der Waals surface area contributed by atoms with Crippen molar-refractivity contribution in [3.8, 4) is 0 Å². The Kier molecular flexibility index (Phi) is 3.12. The Balaban J connectivity index is 2.16. The molecule has 2 atom stereocenters. The van der Waals surface area contributed by atoms with Gasteiger partial charge in [-0.05, 0) is 31.4 Å². The van der Waals surface area contributed by atoms with Crippen LogP contribution in [0.15, 0.2) is 28.7 Å². The van der Waals surface area contributed by atoms with E-state index in [4.69, 9.17) is 16.0 Å². The highest BCUT2D eigenvalue weighted by Crippen LogP contribution is 2.44. The normalized spacial score (nSPS) is 27.2. The molecule has 2 aromatic rings. The second kappa shape index (κ2) is 4.48. The van der Waals surface area contributed by atoms with Gasteiger partial charge in [0, 0.05) is 11.6 Å². The summed E-state index contributed by atoms with van der Waals surface area (Å²) in [5.74, 6) is 0.286. The maximum atomic E-state index is 11.9. The van der Waals surface area contributed by atoms with Crippen LogP contribution in [-0.4, -0.2) is 25.0 Å². The smallest absolute Gasteiger partial charge is 0.153 e. The van der Waals surface area contributed by atoms with Gasteiger partial charge in [0.15, 0.2) is 15.4 Å². The molecule has 20 heavy (non-hydrogen) atoms. The quantitative estimate of drug-likeness (QED) is 0.925. The van der Waals surface area contributed by atoms with Crippen molar-refractivity contribution >= 4 is 32.4 Å². The number of hydrogen-bond acceptors (Lipinski definition) is 4. The molecule has 108 valence electrons. The van der Waals surface area contributed by atoms with Crippen LogP contribution in [-0.2, 0) is 15.4 Å². The van der Waals surface area contributed by atoms with Crippen molar-refractivity contribution in [2.75, 3.05) is 6.26 Å². The summed E-state index contributed by atoms with van der Waals surface area (Å²) in [5, 5.41) is 11.2. The highest BCUT2D eigenvalue weighted by atomic mass is 35.5. The minimum atomic E-state index is -3.35. The summed E-state index contributed by atoms with van der Waals surface area (Å²) < 4.78 is 29.4. The summed E-state index contributed by atoms with van der Waals surface area (Å²) in [6, 6.07) is 6.99. The van der Waals surface area contributed by atoms with Crippen molar-refractivity contribution in [1.29, 1.82) is 0 Å². The minimum Gasteiger partial charge on any atom is -0.456 e.